The summed E-state index contributed by atoms with van der Waals surface area (Å²) >= 11 is 0. The van der Waals surface area contributed by atoms with Crippen LogP contribution in [0.5, 0.6) is 0 Å². The van der Waals surface area contributed by atoms with E-state index in [1.54, 1.807) is 13.0 Å². The zero-order valence-electron chi connectivity index (χ0n) is 12.0. The Hall–Kier alpha value is -2.88. The van der Waals surface area contributed by atoms with E-state index >= 15 is 0 Å². The lowest BCUT2D eigenvalue weighted by atomic mass is 10.1. The number of benzene rings is 2. The summed E-state index contributed by atoms with van der Waals surface area (Å²) in [6.45, 7) is 1.76. The molecule has 22 heavy (non-hydrogen) atoms. The van der Waals surface area contributed by atoms with Crippen LogP contribution in [-0.2, 0) is 6.42 Å². The van der Waals surface area contributed by atoms with Crippen LogP contribution in [0.15, 0.2) is 62.3 Å². The molecule has 0 bridgehead atoms. The van der Waals surface area contributed by atoms with Gasteiger partial charge < -0.3 is 8.94 Å². The van der Waals surface area contributed by atoms with Crippen LogP contribution in [0, 0.1) is 6.92 Å². The van der Waals surface area contributed by atoms with E-state index in [9.17, 15) is 4.79 Å². The van der Waals surface area contributed by atoms with E-state index < -0.39 is 0 Å². The summed E-state index contributed by atoms with van der Waals surface area (Å²) in [5, 5.41) is 5.46. The van der Waals surface area contributed by atoms with Gasteiger partial charge in [-0.2, -0.15) is 0 Å². The highest BCUT2D eigenvalue weighted by molar-refractivity contribution is 6.02. The van der Waals surface area contributed by atoms with Gasteiger partial charge in [-0.3, -0.25) is 4.79 Å². The highest BCUT2D eigenvalue weighted by atomic mass is 16.5. The van der Waals surface area contributed by atoms with Crippen LogP contribution in [0.1, 0.15) is 17.0 Å². The van der Waals surface area contributed by atoms with E-state index in [1.807, 2.05) is 36.4 Å². The summed E-state index contributed by atoms with van der Waals surface area (Å²) in [6.07, 6.45) is 0.663. The van der Waals surface area contributed by atoms with Crippen LogP contribution in [0.2, 0.25) is 0 Å². The molecule has 0 unspecified atom stereocenters. The zero-order valence-corrected chi connectivity index (χ0v) is 12.0. The second-order valence-corrected chi connectivity index (χ2v) is 5.33. The predicted molar refractivity (Wildman–Crippen MR) is 84.0 cm³/mol. The second-order valence-electron chi connectivity index (χ2n) is 5.33. The van der Waals surface area contributed by atoms with Crippen molar-refractivity contribution < 1.29 is 8.94 Å². The van der Waals surface area contributed by atoms with Crippen molar-refractivity contribution >= 4 is 21.9 Å². The molecule has 0 aliphatic rings. The Morgan fingerprint density at radius 1 is 1.09 bits per heavy atom. The summed E-state index contributed by atoms with van der Waals surface area (Å²) in [7, 11) is 0. The molecule has 0 amide bonds. The van der Waals surface area contributed by atoms with Crippen molar-refractivity contribution in [3.05, 3.63) is 75.8 Å². The molecule has 0 aliphatic heterocycles. The maximum Gasteiger partial charge on any atom is 0.196 e. The minimum Gasteiger partial charge on any atom is -0.461 e. The summed E-state index contributed by atoms with van der Waals surface area (Å²) in [4.78, 5) is 12.2. The molecule has 0 fully saturated rings. The minimum absolute atomic E-state index is 0.105. The van der Waals surface area contributed by atoms with Gasteiger partial charge in [-0.15, -0.1) is 0 Å². The van der Waals surface area contributed by atoms with Crippen molar-refractivity contribution in [3.63, 3.8) is 0 Å². The van der Waals surface area contributed by atoms with Gasteiger partial charge in [0.05, 0.1) is 5.69 Å². The Labute approximate surface area is 126 Å². The lowest BCUT2D eigenvalue weighted by molar-refractivity contribution is 0.449. The molecule has 0 aliphatic carbocycles. The smallest absolute Gasteiger partial charge is 0.196 e. The molecule has 0 N–H and O–H groups in total. The van der Waals surface area contributed by atoms with Gasteiger partial charge in [-0.1, -0.05) is 35.5 Å². The van der Waals surface area contributed by atoms with E-state index in [4.69, 9.17) is 8.94 Å². The Balaban J connectivity index is 1.93. The first kappa shape index (κ1) is 12.8. The molecule has 4 heteroatoms. The number of aryl methyl sites for hydroxylation is 1. The van der Waals surface area contributed by atoms with Crippen molar-refractivity contribution in [1.82, 2.24) is 5.16 Å². The van der Waals surface area contributed by atoms with Gasteiger partial charge in [0.25, 0.3) is 0 Å². The Kier molecular flexibility index (Phi) is 2.82. The van der Waals surface area contributed by atoms with Gasteiger partial charge in [0.2, 0.25) is 0 Å². The third kappa shape index (κ3) is 2.00. The predicted octanol–water partition coefficient (Wildman–Crippen LogP) is 3.83. The maximum absolute atomic E-state index is 12.2. The molecule has 2 aromatic heterocycles. The molecule has 0 spiro atoms. The molecule has 0 saturated carbocycles. The third-order valence-electron chi connectivity index (χ3n) is 3.74. The van der Waals surface area contributed by atoms with Crippen molar-refractivity contribution in [2.45, 2.75) is 13.3 Å². The highest BCUT2D eigenvalue weighted by Gasteiger charge is 2.15. The molecule has 0 saturated heterocycles. The van der Waals surface area contributed by atoms with Gasteiger partial charge in [0, 0.05) is 17.9 Å². The Bertz CT molecular complexity index is 1030. The van der Waals surface area contributed by atoms with Crippen molar-refractivity contribution in [2.75, 3.05) is 0 Å². The quantitative estimate of drug-likeness (QED) is 0.563. The molecule has 108 valence electrons. The van der Waals surface area contributed by atoms with E-state index in [-0.39, 0.29) is 5.43 Å². The summed E-state index contributed by atoms with van der Waals surface area (Å²) < 4.78 is 11.0. The molecule has 2 heterocycles. The fourth-order valence-electron chi connectivity index (χ4n) is 2.73. The molecule has 0 radical (unpaired) electrons. The Morgan fingerprint density at radius 3 is 2.73 bits per heavy atom. The fourth-order valence-corrected chi connectivity index (χ4v) is 2.73. The van der Waals surface area contributed by atoms with Gasteiger partial charge in [0.15, 0.2) is 11.0 Å². The van der Waals surface area contributed by atoms with Crippen LogP contribution in [0.4, 0.5) is 0 Å². The molecular weight excluding hydrogens is 278 g/mol. The van der Waals surface area contributed by atoms with Crippen LogP contribution in [0.3, 0.4) is 0 Å². The molecular formula is C18H13NO3. The average Bonchev–Trinajstić information content (AvgIpc) is 2.90. The highest BCUT2D eigenvalue weighted by Crippen LogP contribution is 2.27. The van der Waals surface area contributed by atoms with Gasteiger partial charge in [0.1, 0.15) is 16.7 Å². The van der Waals surface area contributed by atoms with Gasteiger partial charge >= 0.3 is 0 Å². The maximum atomic E-state index is 12.2. The summed E-state index contributed by atoms with van der Waals surface area (Å²) in [5.41, 5.74) is 2.89. The first-order valence-electron chi connectivity index (χ1n) is 7.08. The average molecular weight is 291 g/mol. The van der Waals surface area contributed by atoms with Gasteiger partial charge in [-0.05, 0) is 24.6 Å². The first-order valence-corrected chi connectivity index (χ1v) is 7.08. The number of nitrogens with zero attached hydrogens (tertiary/aromatic N) is 1. The van der Waals surface area contributed by atoms with E-state index in [0.717, 1.165) is 16.6 Å². The molecule has 0 atom stereocenters. The molecule has 4 nitrogen and oxygen atoms in total. The zero-order chi connectivity index (χ0) is 15.1. The monoisotopic (exact) mass is 291 g/mol. The van der Waals surface area contributed by atoms with E-state index in [2.05, 4.69) is 5.16 Å². The third-order valence-corrected chi connectivity index (χ3v) is 3.74. The van der Waals surface area contributed by atoms with Gasteiger partial charge in [-0.25, -0.2) is 0 Å². The fraction of sp³-hybridized carbons (Fsp3) is 0.111. The molecule has 2 aromatic carbocycles. The second kappa shape index (κ2) is 4.84. The molecule has 4 aromatic rings. The number of rotatable bonds is 2. The Morgan fingerprint density at radius 2 is 1.91 bits per heavy atom. The SMILES string of the molecule is Cc1cc(=O)c2c(ccc3c(Cc4ccccc4)noc32)o1. The lowest BCUT2D eigenvalue weighted by Crippen LogP contribution is -2.00. The number of fused-ring (bicyclic) bond motifs is 3. The van der Waals surface area contributed by atoms with E-state index in [0.29, 0.717) is 28.7 Å². The van der Waals surface area contributed by atoms with Crippen LogP contribution < -0.4 is 5.43 Å². The topological polar surface area (TPSA) is 56.2 Å². The van der Waals surface area contributed by atoms with E-state index in [1.165, 1.54) is 6.07 Å². The van der Waals surface area contributed by atoms with Crippen LogP contribution in [-0.4, -0.2) is 5.16 Å². The minimum atomic E-state index is -0.105. The van der Waals surface area contributed by atoms with Crippen LogP contribution >= 0.6 is 0 Å². The lowest BCUT2D eigenvalue weighted by Gasteiger charge is -2.00. The van der Waals surface area contributed by atoms with Crippen LogP contribution in [0.25, 0.3) is 21.9 Å². The summed E-state index contributed by atoms with van der Waals surface area (Å²) in [5.74, 6) is 0.584. The van der Waals surface area contributed by atoms with Crippen molar-refractivity contribution in [1.29, 1.82) is 0 Å². The normalized spacial score (nSPS) is 11.3. The summed E-state index contributed by atoms with van der Waals surface area (Å²) in [6, 6.07) is 15.2. The standard InChI is InChI=1S/C18H13NO3/c1-11-9-15(20)17-16(21-11)8-7-13-14(19-22-18(13)17)10-12-5-3-2-4-6-12/h2-9H,10H2,1H3. The van der Waals surface area contributed by atoms with Crippen molar-refractivity contribution in [3.8, 4) is 0 Å². The number of aromatic nitrogens is 1. The largest absolute Gasteiger partial charge is 0.461 e. The number of hydrogen-bond acceptors (Lipinski definition) is 4. The number of hydrogen-bond donors (Lipinski definition) is 0. The van der Waals surface area contributed by atoms with Crippen molar-refractivity contribution in [2.24, 2.45) is 0 Å². The first-order chi connectivity index (χ1) is 10.7. The molecule has 4 rings (SSSR count).